The number of thiophene rings is 1. The quantitative estimate of drug-likeness (QED) is 0.746. The first kappa shape index (κ1) is 19.4. The SMILES string of the molecule is O=C(Nc1ccc2c(c1)OCO2)C1CCN(C(=O)c2cc3c(s2)CCCCC3)CC1. The second-order valence-electron chi connectivity index (χ2n) is 8.24. The Morgan fingerprint density at radius 3 is 2.67 bits per heavy atom. The Bertz CT molecular complexity index is 939. The zero-order valence-corrected chi connectivity index (χ0v) is 17.8. The fourth-order valence-electron chi connectivity index (χ4n) is 4.49. The Labute approximate surface area is 180 Å². The lowest BCUT2D eigenvalue weighted by molar-refractivity contribution is -0.121. The molecule has 0 radical (unpaired) electrons. The topological polar surface area (TPSA) is 67.9 Å². The fourth-order valence-corrected chi connectivity index (χ4v) is 5.71. The summed E-state index contributed by atoms with van der Waals surface area (Å²) < 4.78 is 10.7. The van der Waals surface area contributed by atoms with E-state index in [0.717, 1.165) is 17.7 Å². The van der Waals surface area contributed by atoms with Crippen molar-refractivity contribution in [2.75, 3.05) is 25.2 Å². The van der Waals surface area contributed by atoms with Crippen LogP contribution in [0.3, 0.4) is 0 Å². The van der Waals surface area contributed by atoms with Gasteiger partial charge in [0.05, 0.1) is 4.88 Å². The minimum Gasteiger partial charge on any atom is -0.454 e. The minimum absolute atomic E-state index is 0.00352. The van der Waals surface area contributed by atoms with Crippen molar-refractivity contribution in [1.82, 2.24) is 4.90 Å². The number of carbonyl (C=O) groups is 2. The molecule has 0 bridgehead atoms. The van der Waals surface area contributed by atoms with Crippen molar-refractivity contribution in [1.29, 1.82) is 0 Å². The number of hydrogen-bond acceptors (Lipinski definition) is 5. The van der Waals surface area contributed by atoms with Crippen LogP contribution in [0.2, 0.25) is 0 Å². The predicted octanol–water partition coefficient (Wildman–Crippen LogP) is 4.24. The van der Waals surface area contributed by atoms with Gasteiger partial charge in [-0.15, -0.1) is 11.3 Å². The number of ether oxygens (including phenoxy) is 2. The molecule has 30 heavy (non-hydrogen) atoms. The fraction of sp³-hybridized carbons (Fsp3) is 0.478. The summed E-state index contributed by atoms with van der Waals surface area (Å²) in [6, 6.07) is 7.54. The number of hydrogen-bond donors (Lipinski definition) is 1. The number of piperidine rings is 1. The molecule has 1 aromatic heterocycles. The summed E-state index contributed by atoms with van der Waals surface area (Å²) in [6.45, 7) is 1.47. The summed E-state index contributed by atoms with van der Waals surface area (Å²) >= 11 is 1.68. The van der Waals surface area contributed by atoms with Crippen molar-refractivity contribution >= 4 is 28.8 Å². The van der Waals surface area contributed by atoms with Crippen LogP contribution in [0.1, 0.15) is 52.2 Å². The van der Waals surface area contributed by atoms with Crippen LogP contribution >= 0.6 is 11.3 Å². The zero-order valence-electron chi connectivity index (χ0n) is 16.9. The predicted molar refractivity (Wildman–Crippen MR) is 115 cm³/mol. The van der Waals surface area contributed by atoms with E-state index in [-0.39, 0.29) is 24.5 Å². The largest absolute Gasteiger partial charge is 0.454 e. The molecule has 1 N–H and O–H groups in total. The molecule has 1 fully saturated rings. The van der Waals surface area contributed by atoms with Gasteiger partial charge in [-0.2, -0.15) is 0 Å². The first-order chi connectivity index (χ1) is 14.7. The van der Waals surface area contributed by atoms with Crippen LogP contribution in [0.25, 0.3) is 0 Å². The molecule has 5 rings (SSSR count). The lowest BCUT2D eigenvalue weighted by atomic mass is 9.95. The van der Waals surface area contributed by atoms with Crippen LogP contribution in [0.4, 0.5) is 5.69 Å². The molecule has 1 saturated heterocycles. The molecule has 3 aliphatic rings. The number of benzene rings is 1. The van der Waals surface area contributed by atoms with E-state index in [0.29, 0.717) is 43.1 Å². The third-order valence-corrected chi connectivity index (χ3v) is 7.48. The number of fused-ring (bicyclic) bond motifs is 2. The second-order valence-corrected chi connectivity index (χ2v) is 9.38. The Hall–Kier alpha value is -2.54. The number of amides is 2. The summed E-state index contributed by atoms with van der Waals surface area (Å²) in [6.07, 6.45) is 7.32. The standard InChI is InChI=1S/C23H26N2O4S/c26-22(24-17-6-7-18-19(13-17)29-14-28-18)15-8-10-25(11-9-15)23(27)21-12-16-4-2-1-3-5-20(16)30-21/h6-7,12-13,15H,1-5,8-11,14H2,(H,24,26). The molecule has 0 atom stereocenters. The van der Waals surface area contributed by atoms with E-state index in [1.54, 1.807) is 17.4 Å². The number of likely N-dealkylation sites (tertiary alicyclic amines) is 1. The molecule has 0 saturated carbocycles. The van der Waals surface area contributed by atoms with E-state index in [2.05, 4.69) is 11.4 Å². The van der Waals surface area contributed by atoms with Gasteiger partial charge in [-0.25, -0.2) is 0 Å². The van der Waals surface area contributed by atoms with Gasteiger partial charge in [0, 0.05) is 35.6 Å². The molecule has 7 heteroatoms. The number of carbonyl (C=O) groups excluding carboxylic acids is 2. The maximum absolute atomic E-state index is 13.0. The molecule has 2 aliphatic heterocycles. The molecule has 2 aromatic rings. The van der Waals surface area contributed by atoms with Crippen LogP contribution in [-0.2, 0) is 17.6 Å². The van der Waals surface area contributed by atoms with Crippen LogP contribution < -0.4 is 14.8 Å². The number of rotatable bonds is 3. The van der Waals surface area contributed by atoms with Crippen molar-refractivity contribution in [3.63, 3.8) is 0 Å². The molecule has 6 nitrogen and oxygen atoms in total. The molecule has 1 aromatic carbocycles. The molecule has 0 unspecified atom stereocenters. The summed E-state index contributed by atoms with van der Waals surface area (Å²) in [7, 11) is 0. The molecule has 2 amide bonds. The second kappa shape index (κ2) is 8.30. The maximum Gasteiger partial charge on any atom is 0.263 e. The molecular weight excluding hydrogens is 400 g/mol. The normalized spacial score (nSPS) is 18.6. The van der Waals surface area contributed by atoms with Gasteiger partial charge in [-0.05, 0) is 62.3 Å². The Kier molecular flexibility index (Phi) is 5.37. The van der Waals surface area contributed by atoms with Crippen molar-refractivity contribution in [3.05, 3.63) is 39.6 Å². The molecular formula is C23H26N2O4S. The smallest absolute Gasteiger partial charge is 0.263 e. The summed E-state index contributed by atoms with van der Waals surface area (Å²) in [4.78, 5) is 29.9. The summed E-state index contributed by atoms with van der Waals surface area (Å²) in [5, 5.41) is 2.98. The van der Waals surface area contributed by atoms with Crippen LogP contribution in [0.15, 0.2) is 24.3 Å². The molecule has 0 spiro atoms. The minimum atomic E-state index is -0.0838. The summed E-state index contributed by atoms with van der Waals surface area (Å²) in [5.41, 5.74) is 2.08. The van der Waals surface area contributed by atoms with Gasteiger partial charge in [0.15, 0.2) is 11.5 Å². The molecule has 158 valence electrons. The number of nitrogens with one attached hydrogen (secondary N) is 1. The van der Waals surface area contributed by atoms with E-state index < -0.39 is 0 Å². The summed E-state index contributed by atoms with van der Waals surface area (Å²) in [5.74, 6) is 1.40. The van der Waals surface area contributed by atoms with Crippen molar-refractivity contribution < 1.29 is 19.1 Å². The van der Waals surface area contributed by atoms with Crippen LogP contribution in [0, 0.1) is 5.92 Å². The van der Waals surface area contributed by atoms with Gasteiger partial charge in [0.1, 0.15) is 0 Å². The monoisotopic (exact) mass is 426 g/mol. The number of aryl methyl sites for hydroxylation is 2. The molecule has 3 heterocycles. The third-order valence-electron chi connectivity index (χ3n) is 6.25. The first-order valence-electron chi connectivity index (χ1n) is 10.8. The van der Waals surface area contributed by atoms with Crippen LogP contribution in [0.5, 0.6) is 11.5 Å². The van der Waals surface area contributed by atoms with Gasteiger partial charge < -0.3 is 19.7 Å². The van der Waals surface area contributed by atoms with Crippen molar-refractivity contribution in [3.8, 4) is 11.5 Å². The van der Waals surface area contributed by atoms with Crippen LogP contribution in [-0.4, -0.2) is 36.6 Å². The number of anilines is 1. The van der Waals surface area contributed by atoms with Gasteiger partial charge >= 0.3 is 0 Å². The Balaban J connectivity index is 1.17. The maximum atomic E-state index is 13.0. The van der Waals surface area contributed by atoms with Gasteiger partial charge in [0.2, 0.25) is 12.7 Å². The van der Waals surface area contributed by atoms with Crippen molar-refractivity contribution in [2.45, 2.75) is 44.9 Å². The highest BCUT2D eigenvalue weighted by molar-refractivity contribution is 7.14. The van der Waals surface area contributed by atoms with E-state index in [1.165, 1.54) is 29.7 Å². The lowest BCUT2D eigenvalue weighted by Gasteiger charge is -2.31. The van der Waals surface area contributed by atoms with Crippen molar-refractivity contribution in [2.24, 2.45) is 5.92 Å². The van der Waals surface area contributed by atoms with Gasteiger partial charge in [-0.3, -0.25) is 9.59 Å². The highest BCUT2D eigenvalue weighted by atomic mass is 32.1. The zero-order chi connectivity index (χ0) is 20.5. The highest BCUT2D eigenvalue weighted by Gasteiger charge is 2.29. The first-order valence-corrected chi connectivity index (χ1v) is 11.6. The third kappa shape index (κ3) is 3.90. The van der Waals surface area contributed by atoms with Gasteiger partial charge in [0.25, 0.3) is 5.91 Å². The van der Waals surface area contributed by atoms with Gasteiger partial charge in [-0.1, -0.05) is 6.42 Å². The average molecular weight is 427 g/mol. The average Bonchev–Trinajstić information content (AvgIpc) is 3.34. The van der Waals surface area contributed by atoms with E-state index in [1.807, 2.05) is 17.0 Å². The lowest BCUT2D eigenvalue weighted by Crippen LogP contribution is -2.41. The Morgan fingerprint density at radius 1 is 1.00 bits per heavy atom. The highest BCUT2D eigenvalue weighted by Crippen LogP contribution is 2.35. The number of nitrogens with zero attached hydrogens (tertiary/aromatic N) is 1. The van der Waals surface area contributed by atoms with E-state index >= 15 is 0 Å². The molecule has 1 aliphatic carbocycles. The van der Waals surface area contributed by atoms with E-state index in [9.17, 15) is 9.59 Å². The van der Waals surface area contributed by atoms with E-state index in [4.69, 9.17) is 9.47 Å². The Morgan fingerprint density at radius 2 is 1.80 bits per heavy atom.